The molecule has 0 unspecified atom stereocenters. The first-order valence-electron chi connectivity index (χ1n) is 15.2. The average molecular weight is 622 g/mol. The van der Waals surface area contributed by atoms with E-state index in [2.05, 4.69) is 12.2 Å². The zero-order valence-corrected chi connectivity index (χ0v) is 26.4. The molecule has 0 fully saturated rings. The molecule has 0 aromatic heterocycles. The van der Waals surface area contributed by atoms with Crippen LogP contribution in [0, 0.1) is 0 Å². The third-order valence-electron chi connectivity index (χ3n) is 7.44. The molecule has 0 heterocycles. The van der Waals surface area contributed by atoms with Gasteiger partial charge in [0.25, 0.3) is 0 Å². The maximum Gasteiger partial charge on any atom is 0.178 e. The predicted molar refractivity (Wildman–Crippen MR) is 182 cm³/mol. The van der Waals surface area contributed by atoms with Gasteiger partial charge in [-0.3, -0.25) is 0 Å². The third-order valence-corrected chi connectivity index (χ3v) is 10.2. The summed E-state index contributed by atoms with van der Waals surface area (Å²) < 4.78 is 31.8. The summed E-state index contributed by atoms with van der Waals surface area (Å²) in [6.07, 6.45) is 0.220. The van der Waals surface area contributed by atoms with E-state index in [1.165, 1.54) is 0 Å². The summed E-state index contributed by atoms with van der Waals surface area (Å²) in [7, 11) is -2.96. The van der Waals surface area contributed by atoms with Crippen molar-refractivity contribution in [3.63, 3.8) is 0 Å². The molecule has 0 amide bonds. The van der Waals surface area contributed by atoms with E-state index in [9.17, 15) is 9.67 Å². The van der Waals surface area contributed by atoms with Crippen LogP contribution in [-0.4, -0.2) is 36.8 Å². The Morgan fingerprint density at radius 3 is 1.69 bits per heavy atom. The summed E-state index contributed by atoms with van der Waals surface area (Å²) in [6.45, 7) is 3.19. The first-order chi connectivity index (χ1) is 22.0. The van der Waals surface area contributed by atoms with Gasteiger partial charge in [0.2, 0.25) is 0 Å². The molecule has 232 valence electrons. The first-order valence-corrected chi connectivity index (χ1v) is 17.1. The van der Waals surface area contributed by atoms with Crippen LogP contribution in [0.25, 0.3) is 0 Å². The number of hydrogen-bond acceptors (Lipinski definition) is 6. The lowest BCUT2D eigenvalue weighted by Gasteiger charge is -2.20. The van der Waals surface area contributed by atoms with E-state index in [0.29, 0.717) is 24.7 Å². The number of ether oxygens (including phenoxy) is 3. The van der Waals surface area contributed by atoms with Gasteiger partial charge < -0.3 is 29.2 Å². The Bertz CT molecular complexity index is 1570. The molecule has 5 aromatic carbocycles. The maximum atomic E-state index is 14.2. The normalized spacial score (nSPS) is 12.7. The number of nitrogens with one attached hydrogen (secondary N) is 1. The molecule has 45 heavy (non-hydrogen) atoms. The van der Waals surface area contributed by atoms with Gasteiger partial charge in [0, 0.05) is 23.2 Å². The maximum absolute atomic E-state index is 14.2. The summed E-state index contributed by atoms with van der Waals surface area (Å²) in [5.41, 5.74) is 2.25. The molecular formula is C38H40NO5P. The highest BCUT2D eigenvalue weighted by Gasteiger charge is 2.28. The lowest BCUT2D eigenvalue weighted by molar-refractivity contribution is 0.104. The van der Waals surface area contributed by atoms with Crippen molar-refractivity contribution in [3.05, 3.63) is 151 Å². The van der Waals surface area contributed by atoms with Gasteiger partial charge in [-0.05, 0) is 60.9 Å². The molecule has 5 rings (SSSR count). The lowest BCUT2D eigenvalue weighted by atomic mass is 10.1. The Morgan fingerprint density at radius 2 is 1.11 bits per heavy atom. The smallest absolute Gasteiger partial charge is 0.178 e. The minimum absolute atomic E-state index is 0.0878. The van der Waals surface area contributed by atoms with Gasteiger partial charge in [-0.15, -0.1) is 0 Å². The van der Waals surface area contributed by atoms with Crippen LogP contribution in [0.2, 0.25) is 0 Å². The van der Waals surface area contributed by atoms with Gasteiger partial charge in [-0.25, -0.2) is 0 Å². The van der Waals surface area contributed by atoms with Gasteiger partial charge in [0.1, 0.15) is 42.9 Å². The van der Waals surface area contributed by atoms with Crippen LogP contribution >= 0.6 is 7.14 Å². The Morgan fingerprint density at radius 1 is 0.622 bits per heavy atom. The summed E-state index contributed by atoms with van der Waals surface area (Å²) >= 11 is 0. The van der Waals surface area contributed by atoms with Gasteiger partial charge >= 0.3 is 0 Å². The van der Waals surface area contributed by atoms with E-state index in [4.69, 9.17) is 14.2 Å². The molecule has 0 aliphatic carbocycles. The molecule has 2 atom stereocenters. The number of rotatable bonds is 16. The molecule has 0 saturated heterocycles. The fourth-order valence-electron chi connectivity index (χ4n) is 4.91. The molecular weight excluding hydrogens is 581 g/mol. The van der Waals surface area contributed by atoms with Crippen LogP contribution in [0.3, 0.4) is 0 Å². The van der Waals surface area contributed by atoms with Crippen molar-refractivity contribution in [2.75, 3.05) is 19.5 Å². The monoisotopic (exact) mass is 621 g/mol. The summed E-state index contributed by atoms with van der Waals surface area (Å²) in [5, 5.41) is 15.4. The van der Waals surface area contributed by atoms with Crippen molar-refractivity contribution in [1.29, 1.82) is 0 Å². The molecule has 0 radical (unpaired) electrons. The Labute approximate surface area is 266 Å². The van der Waals surface area contributed by atoms with Gasteiger partial charge in [0.05, 0.1) is 0 Å². The molecule has 7 heteroatoms. The van der Waals surface area contributed by atoms with Gasteiger partial charge in [-0.1, -0.05) is 103 Å². The number of aliphatic hydroxyl groups excluding tert-OH is 1. The molecule has 6 nitrogen and oxygen atoms in total. The van der Waals surface area contributed by atoms with E-state index >= 15 is 0 Å². The largest absolute Gasteiger partial charge is 0.491 e. The highest BCUT2D eigenvalue weighted by molar-refractivity contribution is 7.78. The Balaban J connectivity index is 1.04. The van der Waals surface area contributed by atoms with Gasteiger partial charge in [0.15, 0.2) is 7.14 Å². The standard InChI is InChI=1S/C38H40NO5P/c1-30(39-26-33(40)28-43-35-23-21-34(22-24-35)42-27-32-11-5-2-6-12-32)25-31-17-19-36(20-18-31)44-29-45(41,37-13-7-3-8-14-37)38-15-9-4-10-16-38/h2-24,30,33,39-40H,25-29H2,1H3/t30-,33+/m0/s1. The molecule has 5 aromatic rings. The fourth-order valence-corrected chi connectivity index (χ4v) is 7.14. The van der Waals surface area contributed by atoms with E-state index in [-0.39, 0.29) is 19.0 Å². The van der Waals surface area contributed by atoms with Crippen molar-refractivity contribution in [2.24, 2.45) is 0 Å². The average Bonchev–Trinajstić information content (AvgIpc) is 3.10. The quantitative estimate of drug-likeness (QED) is 0.121. The zero-order chi connectivity index (χ0) is 31.3. The summed E-state index contributed by atoms with van der Waals surface area (Å²) in [6, 6.07) is 44.6. The van der Waals surface area contributed by atoms with Crippen molar-refractivity contribution in [3.8, 4) is 17.2 Å². The molecule has 0 saturated carbocycles. The fraction of sp³-hybridized carbons (Fsp3) is 0.211. The summed E-state index contributed by atoms with van der Waals surface area (Å²) in [4.78, 5) is 0. The summed E-state index contributed by atoms with van der Waals surface area (Å²) in [5.74, 6) is 2.12. The lowest BCUT2D eigenvalue weighted by Crippen LogP contribution is -2.37. The van der Waals surface area contributed by atoms with E-state index in [0.717, 1.165) is 33.9 Å². The number of benzene rings is 5. The first kappa shape index (κ1) is 32.1. The second kappa shape index (κ2) is 16.1. The van der Waals surface area contributed by atoms with Crippen LogP contribution in [-0.2, 0) is 17.6 Å². The number of hydrogen-bond donors (Lipinski definition) is 2. The molecule has 0 aliphatic rings. The Kier molecular flexibility index (Phi) is 11.5. The van der Waals surface area contributed by atoms with Crippen molar-refractivity contribution < 1.29 is 23.9 Å². The SMILES string of the molecule is C[C@@H](Cc1ccc(OCP(=O)(c2ccccc2)c2ccccc2)cc1)NC[C@@H](O)COc1ccc(OCc2ccccc2)cc1. The molecule has 0 spiro atoms. The van der Waals surface area contributed by atoms with E-state index in [1.54, 1.807) is 0 Å². The second-order valence-corrected chi connectivity index (χ2v) is 13.8. The predicted octanol–water partition coefficient (Wildman–Crippen LogP) is 6.58. The zero-order valence-electron chi connectivity index (χ0n) is 25.5. The highest BCUT2D eigenvalue weighted by atomic mass is 31.2. The van der Waals surface area contributed by atoms with Crippen molar-refractivity contribution in [2.45, 2.75) is 32.1 Å². The molecule has 0 bridgehead atoms. The minimum atomic E-state index is -2.96. The van der Waals surface area contributed by atoms with Crippen LogP contribution < -0.4 is 30.1 Å². The van der Waals surface area contributed by atoms with Gasteiger partial charge in [-0.2, -0.15) is 0 Å². The minimum Gasteiger partial charge on any atom is -0.491 e. The van der Waals surface area contributed by atoms with Crippen molar-refractivity contribution >= 4 is 17.8 Å². The highest BCUT2D eigenvalue weighted by Crippen LogP contribution is 2.43. The topological polar surface area (TPSA) is 77.0 Å². The van der Waals surface area contributed by atoms with E-state index in [1.807, 2.05) is 140 Å². The third kappa shape index (κ3) is 9.57. The Hall–Kier alpha value is -4.35. The number of aliphatic hydroxyl groups is 1. The van der Waals surface area contributed by atoms with E-state index < -0.39 is 13.2 Å². The van der Waals surface area contributed by atoms with Crippen molar-refractivity contribution in [1.82, 2.24) is 5.32 Å². The van der Waals surface area contributed by atoms with Crippen LogP contribution in [0.1, 0.15) is 18.1 Å². The second-order valence-electron chi connectivity index (χ2n) is 11.1. The molecule has 0 aliphatic heterocycles. The molecule has 2 N–H and O–H groups in total. The van der Waals surface area contributed by atoms with Crippen LogP contribution in [0.4, 0.5) is 0 Å². The van der Waals surface area contributed by atoms with Crippen LogP contribution in [0.15, 0.2) is 140 Å². The van der Waals surface area contributed by atoms with Crippen LogP contribution in [0.5, 0.6) is 17.2 Å².